The van der Waals surface area contributed by atoms with E-state index in [9.17, 15) is 4.39 Å². The summed E-state index contributed by atoms with van der Waals surface area (Å²) in [6.07, 6.45) is 1.99. The zero-order valence-electron chi connectivity index (χ0n) is 11.6. The number of rotatable bonds is 3. The van der Waals surface area contributed by atoms with Crippen molar-refractivity contribution in [3.8, 4) is 0 Å². The molecule has 2 aliphatic heterocycles. The number of benzene rings is 1. The molecule has 0 saturated carbocycles. The van der Waals surface area contributed by atoms with Gasteiger partial charge in [0.05, 0.1) is 19.8 Å². The van der Waals surface area contributed by atoms with Gasteiger partial charge in [0.15, 0.2) is 5.79 Å². The van der Waals surface area contributed by atoms with Gasteiger partial charge in [-0.3, -0.25) is 4.90 Å². The molecule has 0 aliphatic carbocycles. The van der Waals surface area contributed by atoms with Gasteiger partial charge in [-0.2, -0.15) is 0 Å². The van der Waals surface area contributed by atoms with E-state index in [1.54, 1.807) is 6.07 Å². The van der Waals surface area contributed by atoms with Gasteiger partial charge < -0.3 is 15.2 Å². The average molecular weight is 280 g/mol. The van der Waals surface area contributed by atoms with Crippen molar-refractivity contribution in [2.45, 2.75) is 31.7 Å². The van der Waals surface area contributed by atoms with Crippen LogP contribution in [0.25, 0.3) is 0 Å². The molecule has 2 fully saturated rings. The van der Waals surface area contributed by atoms with Crippen LogP contribution in [0.3, 0.4) is 0 Å². The first-order valence-electron chi connectivity index (χ1n) is 7.18. The lowest BCUT2D eigenvalue weighted by molar-refractivity contribution is -0.190. The molecule has 0 unspecified atom stereocenters. The second-order valence-corrected chi connectivity index (χ2v) is 5.59. The topological polar surface area (TPSA) is 47.7 Å². The monoisotopic (exact) mass is 280 g/mol. The Kier molecular flexibility index (Phi) is 4.03. The predicted molar refractivity (Wildman–Crippen MR) is 73.4 cm³/mol. The van der Waals surface area contributed by atoms with Gasteiger partial charge in [0.1, 0.15) is 5.82 Å². The number of halogens is 1. The fourth-order valence-electron chi connectivity index (χ4n) is 3.12. The van der Waals surface area contributed by atoms with E-state index in [0.29, 0.717) is 26.3 Å². The van der Waals surface area contributed by atoms with Gasteiger partial charge in [0, 0.05) is 19.5 Å². The van der Waals surface area contributed by atoms with Crippen molar-refractivity contribution in [1.29, 1.82) is 0 Å². The number of nitrogens with two attached hydrogens (primary N) is 1. The lowest BCUT2D eigenvalue weighted by Gasteiger charge is -2.38. The molecule has 3 rings (SSSR count). The van der Waals surface area contributed by atoms with Crippen LogP contribution in [0.2, 0.25) is 0 Å². The molecule has 2 aliphatic rings. The Bertz CT molecular complexity index is 475. The third-order valence-corrected chi connectivity index (χ3v) is 3.97. The van der Waals surface area contributed by atoms with E-state index in [1.807, 2.05) is 6.07 Å². The molecule has 0 radical (unpaired) electrons. The zero-order valence-corrected chi connectivity index (χ0v) is 11.6. The summed E-state index contributed by atoms with van der Waals surface area (Å²) in [6.45, 7) is 4.15. The molecule has 2 heterocycles. The van der Waals surface area contributed by atoms with Gasteiger partial charge in [0.2, 0.25) is 0 Å². The minimum absolute atomic E-state index is 0.219. The first-order chi connectivity index (χ1) is 9.69. The van der Waals surface area contributed by atoms with Crippen LogP contribution < -0.4 is 5.73 Å². The van der Waals surface area contributed by atoms with Crippen LogP contribution in [-0.4, -0.2) is 37.0 Å². The first kappa shape index (κ1) is 13.9. The Balaban J connectivity index is 1.69. The van der Waals surface area contributed by atoms with Gasteiger partial charge in [-0.05, 0) is 36.2 Å². The van der Waals surface area contributed by atoms with Crippen LogP contribution in [0.15, 0.2) is 18.2 Å². The Morgan fingerprint density at radius 3 is 2.70 bits per heavy atom. The van der Waals surface area contributed by atoms with E-state index in [1.165, 1.54) is 6.07 Å². The first-order valence-corrected chi connectivity index (χ1v) is 7.18. The van der Waals surface area contributed by atoms with Crippen molar-refractivity contribution in [3.63, 3.8) is 0 Å². The zero-order chi connectivity index (χ0) is 14.0. The number of hydrogen-bond donors (Lipinski definition) is 1. The van der Waals surface area contributed by atoms with E-state index in [-0.39, 0.29) is 5.82 Å². The fourth-order valence-corrected chi connectivity index (χ4v) is 3.12. The molecule has 2 N–H and O–H groups in total. The van der Waals surface area contributed by atoms with Gasteiger partial charge in [-0.1, -0.05) is 6.07 Å². The van der Waals surface area contributed by atoms with Crippen LogP contribution in [0.1, 0.15) is 24.0 Å². The summed E-state index contributed by atoms with van der Waals surface area (Å²) >= 11 is 0. The van der Waals surface area contributed by atoms with E-state index >= 15 is 0 Å². The highest BCUT2D eigenvalue weighted by Gasteiger charge is 2.40. The van der Waals surface area contributed by atoms with E-state index in [4.69, 9.17) is 15.2 Å². The predicted octanol–water partition coefficient (Wildman–Crippen LogP) is 1.62. The molecule has 1 aromatic carbocycles. The van der Waals surface area contributed by atoms with Crippen molar-refractivity contribution in [2.75, 3.05) is 26.3 Å². The Morgan fingerprint density at radius 1 is 1.20 bits per heavy atom. The highest BCUT2D eigenvalue weighted by atomic mass is 19.1. The summed E-state index contributed by atoms with van der Waals surface area (Å²) in [5, 5.41) is 0. The molecule has 20 heavy (non-hydrogen) atoms. The number of hydrogen-bond acceptors (Lipinski definition) is 4. The summed E-state index contributed by atoms with van der Waals surface area (Å²) in [7, 11) is 0. The van der Waals surface area contributed by atoms with Crippen molar-refractivity contribution < 1.29 is 13.9 Å². The molecule has 110 valence electrons. The molecular weight excluding hydrogens is 259 g/mol. The minimum Gasteiger partial charge on any atom is -0.346 e. The number of nitrogens with zero attached hydrogens (tertiary/aromatic N) is 1. The maximum Gasteiger partial charge on any atom is 0.181 e. The number of likely N-dealkylation sites (tertiary alicyclic amines) is 1. The standard InChI is InChI=1S/C15H21FN2O2/c16-14-7-12(9-17)6-13(8-14)10-18-3-1-2-15(11-18)19-4-5-20-15/h6-8H,1-5,9-11,17H2. The van der Waals surface area contributed by atoms with Gasteiger partial charge in [0.25, 0.3) is 0 Å². The maximum absolute atomic E-state index is 13.5. The summed E-state index contributed by atoms with van der Waals surface area (Å²) in [4.78, 5) is 2.27. The van der Waals surface area contributed by atoms with Crippen molar-refractivity contribution in [1.82, 2.24) is 4.90 Å². The number of piperidine rings is 1. The van der Waals surface area contributed by atoms with E-state index in [0.717, 1.165) is 37.1 Å². The molecule has 5 heteroatoms. The normalized spacial score (nSPS) is 22.5. The lowest BCUT2D eigenvalue weighted by atomic mass is 10.0. The quantitative estimate of drug-likeness (QED) is 0.914. The second kappa shape index (κ2) is 5.77. The minimum atomic E-state index is -0.428. The fraction of sp³-hybridized carbons (Fsp3) is 0.600. The number of ether oxygens (including phenoxy) is 2. The second-order valence-electron chi connectivity index (χ2n) is 5.59. The SMILES string of the molecule is NCc1cc(F)cc(CN2CCCC3(C2)OCCO3)c1. The molecular formula is C15H21FN2O2. The van der Waals surface area contributed by atoms with Crippen LogP contribution in [0.4, 0.5) is 4.39 Å². The van der Waals surface area contributed by atoms with Crippen LogP contribution in [0.5, 0.6) is 0 Å². The molecule has 4 nitrogen and oxygen atoms in total. The molecule has 1 spiro atoms. The third-order valence-electron chi connectivity index (χ3n) is 3.97. The summed E-state index contributed by atoms with van der Waals surface area (Å²) < 4.78 is 25.1. The largest absolute Gasteiger partial charge is 0.346 e. The summed E-state index contributed by atoms with van der Waals surface area (Å²) in [6, 6.07) is 5.04. The van der Waals surface area contributed by atoms with Crippen LogP contribution in [-0.2, 0) is 22.6 Å². The summed E-state index contributed by atoms with van der Waals surface area (Å²) in [5.41, 5.74) is 7.39. The molecule has 1 aromatic rings. The molecule has 0 aromatic heterocycles. The Labute approximate surface area is 118 Å². The molecule has 0 atom stereocenters. The molecule has 2 saturated heterocycles. The van der Waals surface area contributed by atoms with Gasteiger partial charge >= 0.3 is 0 Å². The highest BCUT2D eigenvalue weighted by Crippen LogP contribution is 2.30. The van der Waals surface area contributed by atoms with Crippen LogP contribution in [0, 0.1) is 5.82 Å². The van der Waals surface area contributed by atoms with E-state index < -0.39 is 5.79 Å². The van der Waals surface area contributed by atoms with E-state index in [2.05, 4.69) is 4.90 Å². The van der Waals surface area contributed by atoms with Crippen LogP contribution >= 0.6 is 0 Å². The average Bonchev–Trinajstić information content (AvgIpc) is 2.86. The third kappa shape index (κ3) is 3.01. The van der Waals surface area contributed by atoms with Gasteiger partial charge in [-0.25, -0.2) is 4.39 Å². The Morgan fingerprint density at radius 2 is 1.95 bits per heavy atom. The summed E-state index contributed by atoms with van der Waals surface area (Å²) in [5.74, 6) is -0.648. The maximum atomic E-state index is 13.5. The van der Waals surface area contributed by atoms with Crippen molar-refractivity contribution >= 4 is 0 Å². The smallest absolute Gasteiger partial charge is 0.181 e. The van der Waals surface area contributed by atoms with Gasteiger partial charge in [-0.15, -0.1) is 0 Å². The highest BCUT2D eigenvalue weighted by molar-refractivity contribution is 5.24. The lowest BCUT2D eigenvalue weighted by Crippen LogP contribution is -2.48. The van der Waals surface area contributed by atoms with Crippen molar-refractivity contribution in [2.24, 2.45) is 5.73 Å². The van der Waals surface area contributed by atoms with Crippen molar-refractivity contribution in [3.05, 3.63) is 35.1 Å². The Hall–Kier alpha value is -1.01. The molecule has 0 amide bonds. The molecule has 0 bridgehead atoms.